The van der Waals surface area contributed by atoms with Crippen LogP contribution in [0.2, 0.25) is 0 Å². The van der Waals surface area contributed by atoms with E-state index in [2.05, 4.69) is 0 Å². The zero-order chi connectivity index (χ0) is 14.7. The minimum atomic E-state index is -0.713. The van der Waals surface area contributed by atoms with E-state index in [-0.39, 0.29) is 23.8 Å². The third-order valence-corrected chi connectivity index (χ3v) is 2.56. The Morgan fingerprint density at radius 1 is 1.05 bits per heavy atom. The van der Waals surface area contributed by atoms with Gasteiger partial charge in [0.2, 0.25) is 0 Å². The molecule has 0 atom stereocenters. The highest BCUT2D eigenvalue weighted by Crippen LogP contribution is 2.20. The standard InChI is InChI=1S/C14H11F3N2O/c15-10-1-2-12(17)13(6-10)20-7-8-3-9(14(18)19)5-11(16)4-8/h1-6H,7H2,(H3,18,19). The second-order valence-electron chi connectivity index (χ2n) is 4.13. The number of nitrogens with one attached hydrogen (secondary N) is 1. The van der Waals surface area contributed by atoms with E-state index in [4.69, 9.17) is 15.9 Å². The molecule has 0 fully saturated rings. The van der Waals surface area contributed by atoms with Crippen molar-refractivity contribution < 1.29 is 17.9 Å². The van der Waals surface area contributed by atoms with Crippen LogP contribution in [0.25, 0.3) is 0 Å². The summed E-state index contributed by atoms with van der Waals surface area (Å²) in [7, 11) is 0. The summed E-state index contributed by atoms with van der Waals surface area (Å²) in [6.45, 7) is -0.168. The Morgan fingerprint density at radius 3 is 2.50 bits per heavy atom. The molecule has 2 aromatic rings. The average Bonchev–Trinajstić information content (AvgIpc) is 2.39. The number of amidine groups is 1. The van der Waals surface area contributed by atoms with Crippen molar-refractivity contribution >= 4 is 5.84 Å². The molecule has 0 aromatic heterocycles. The molecule has 2 aromatic carbocycles. The SMILES string of the molecule is N=C(N)c1cc(F)cc(COc2cc(F)ccc2F)c1. The van der Waals surface area contributed by atoms with Gasteiger partial charge >= 0.3 is 0 Å². The molecule has 104 valence electrons. The fraction of sp³-hybridized carbons (Fsp3) is 0.0714. The second kappa shape index (κ2) is 5.64. The Balaban J connectivity index is 2.18. The Hall–Kier alpha value is -2.50. The number of hydrogen-bond acceptors (Lipinski definition) is 2. The van der Waals surface area contributed by atoms with Gasteiger partial charge in [-0.2, -0.15) is 0 Å². The van der Waals surface area contributed by atoms with Crippen molar-refractivity contribution in [3.8, 4) is 5.75 Å². The topological polar surface area (TPSA) is 59.1 Å². The van der Waals surface area contributed by atoms with E-state index in [1.165, 1.54) is 12.1 Å². The van der Waals surface area contributed by atoms with E-state index in [1.807, 2.05) is 0 Å². The van der Waals surface area contributed by atoms with Gasteiger partial charge in [0.05, 0.1) is 0 Å². The van der Waals surface area contributed by atoms with Crippen LogP contribution in [-0.2, 0) is 6.61 Å². The van der Waals surface area contributed by atoms with Crippen LogP contribution < -0.4 is 10.5 Å². The number of nitrogens with two attached hydrogens (primary N) is 1. The van der Waals surface area contributed by atoms with Crippen LogP contribution in [0.3, 0.4) is 0 Å². The van der Waals surface area contributed by atoms with Crippen LogP contribution in [0.15, 0.2) is 36.4 Å². The van der Waals surface area contributed by atoms with Gasteiger partial charge in [-0.05, 0) is 35.9 Å². The van der Waals surface area contributed by atoms with E-state index in [1.54, 1.807) is 0 Å². The molecule has 2 rings (SSSR count). The molecule has 0 heterocycles. The van der Waals surface area contributed by atoms with Gasteiger partial charge in [0.25, 0.3) is 0 Å². The lowest BCUT2D eigenvalue weighted by Crippen LogP contribution is -2.12. The van der Waals surface area contributed by atoms with Gasteiger partial charge in [-0.25, -0.2) is 13.2 Å². The maximum absolute atomic E-state index is 13.3. The lowest BCUT2D eigenvalue weighted by atomic mass is 10.1. The van der Waals surface area contributed by atoms with Gasteiger partial charge in [-0.15, -0.1) is 0 Å². The molecule has 0 radical (unpaired) electrons. The number of rotatable bonds is 4. The Morgan fingerprint density at radius 2 is 1.80 bits per heavy atom. The number of hydrogen-bond donors (Lipinski definition) is 2. The van der Waals surface area contributed by atoms with Crippen molar-refractivity contribution in [2.45, 2.75) is 6.61 Å². The highest BCUT2D eigenvalue weighted by Gasteiger charge is 2.07. The van der Waals surface area contributed by atoms with Crippen LogP contribution in [0.4, 0.5) is 13.2 Å². The van der Waals surface area contributed by atoms with Crippen molar-refractivity contribution in [3.05, 3.63) is 65.0 Å². The summed E-state index contributed by atoms with van der Waals surface area (Å²) in [5.74, 6) is -2.49. The first-order valence-corrected chi connectivity index (χ1v) is 5.67. The van der Waals surface area contributed by atoms with Gasteiger partial charge in [0.1, 0.15) is 24.1 Å². The predicted molar refractivity (Wildman–Crippen MR) is 68.1 cm³/mol. The first-order valence-electron chi connectivity index (χ1n) is 5.67. The first kappa shape index (κ1) is 13.9. The summed E-state index contributed by atoms with van der Waals surface area (Å²) in [6.07, 6.45) is 0. The maximum Gasteiger partial charge on any atom is 0.165 e. The van der Waals surface area contributed by atoms with Gasteiger partial charge in [0.15, 0.2) is 11.6 Å². The molecule has 3 N–H and O–H groups in total. The van der Waals surface area contributed by atoms with Crippen molar-refractivity contribution in [1.82, 2.24) is 0 Å². The summed E-state index contributed by atoms with van der Waals surface area (Å²) in [5.41, 5.74) is 5.83. The molecule has 0 amide bonds. The van der Waals surface area contributed by atoms with Crippen LogP contribution in [0, 0.1) is 22.9 Å². The van der Waals surface area contributed by atoms with E-state index >= 15 is 0 Å². The number of nitrogen functional groups attached to an aromatic ring is 1. The second-order valence-corrected chi connectivity index (χ2v) is 4.13. The van der Waals surface area contributed by atoms with E-state index in [0.29, 0.717) is 5.56 Å². The number of halogens is 3. The molecule has 0 aliphatic carbocycles. The fourth-order valence-electron chi connectivity index (χ4n) is 1.64. The summed E-state index contributed by atoms with van der Waals surface area (Å²) in [4.78, 5) is 0. The molecular weight excluding hydrogens is 269 g/mol. The van der Waals surface area contributed by atoms with Crippen molar-refractivity contribution in [2.24, 2.45) is 5.73 Å². The minimum Gasteiger partial charge on any atom is -0.486 e. The molecule has 0 spiro atoms. The molecule has 20 heavy (non-hydrogen) atoms. The lowest BCUT2D eigenvalue weighted by molar-refractivity contribution is 0.288. The van der Waals surface area contributed by atoms with Crippen LogP contribution in [-0.4, -0.2) is 5.84 Å². The van der Waals surface area contributed by atoms with E-state index < -0.39 is 17.5 Å². The summed E-state index contributed by atoms with van der Waals surface area (Å²) >= 11 is 0. The summed E-state index contributed by atoms with van der Waals surface area (Å²) in [5, 5.41) is 7.25. The predicted octanol–water partition coefficient (Wildman–Crippen LogP) is 2.97. The Bertz CT molecular complexity index is 659. The minimum absolute atomic E-state index is 0.168. The lowest BCUT2D eigenvalue weighted by Gasteiger charge is -2.09. The number of benzene rings is 2. The third-order valence-electron chi connectivity index (χ3n) is 2.56. The zero-order valence-corrected chi connectivity index (χ0v) is 10.3. The molecule has 3 nitrogen and oxygen atoms in total. The third kappa shape index (κ3) is 3.28. The largest absolute Gasteiger partial charge is 0.486 e. The van der Waals surface area contributed by atoms with Crippen molar-refractivity contribution in [2.75, 3.05) is 0 Å². The van der Waals surface area contributed by atoms with Crippen LogP contribution in [0.1, 0.15) is 11.1 Å². The fourth-order valence-corrected chi connectivity index (χ4v) is 1.64. The molecule has 0 unspecified atom stereocenters. The first-order chi connectivity index (χ1) is 9.45. The molecular formula is C14H11F3N2O. The monoisotopic (exact) mass is 280 g/mol. The highest BCUT2D eigenvalue weighted by atomic mass is 19.1. The zero-order valence-electron chi connectivity index (χ0n) is 10.3. The highest BCUT2D eigenvalue weighted by molar-refractivity contribution is 5.95. The Kier molecular flexibility index (Phi) is 3.93. The molecule has 0 saturated carbocycles. The van der Waals surface area contributed by atoms with Gasteiger partial charge in [-0.3, -0.25) is 5.41 Å². The molecule has 0 aliphatic heterocycles. The van der Waals surface area contributed by atoms with Gasteiger partial charge in [0, 0.05) is 11.6 Å². The Labute approximate surface area is 113 Å². The van der Waals surface area contributed by atoms with Crippen molar-refractivity contribution in [1.29, 1.82) is 5.41 Å². The summed E-state index contributed by atoms with van der Waals surface area (Å²) in [6, 6.07) is 6.54. The van der Waals surface area contributed by atoms with E-state index in [0.717, 1.165) is 24.3 Å². The van der Waals surface area contributed by atoms with Gasteiger partial charge < -0.3 is 10.5 Å². The number of ether oxygens (including phenoxy) is 1. The normalized spacial score (nSPS) is 10.3. The van der Waals surface area contributed by atoms with E-state index in [9.17, 15) is 13.2 Å². The molecule has 0 bridgehead atoms. The van der Waals surface area contributed by atoms with Crippen molar-refractivity contribution in [3.63, 3.8) is 0 Å². The average molecular weight is 280 g/mol. The molecule has 0 aliphatic rings. The molecule has 6 heteroatoms. The van der Waals surface area contributed by atoms with Gasteiger partial charge in [-0.1, -0.05) is 0 Å². The smallest absolute Gasteiger partial charge is 0.165 e. The van der Waals surface area contributed by atoms with Crippen LogP contribution in [0.5, 0.6) is 5.75 Å². The quantitative estimate of drug-likeness (QED) is 0.668. The maximum atomic E-state index is 13.3. The van der Waals surface area contributed by atoms with Crippen LogP contribution >= 0.6 is 0 Å². The summed E-state index contributed by atoms with van der Waals surface area (Å²) < 4.78 is 44.7. The molecule has 0 saturated heterocycles.